The zero-order valence-electron chi connectivity index (χ0n) is 17.5. The molecule has 0 saturated carbocycles. The van der Waals surface area contributed by atoms with Gasteiger partial charge in [-0.3, -0.25) is 19.2 Å². The molecule has 0 saturated heterocycles. The summed E-state index contributed by atoms with van der Waals surface area (Å²) in [6.07, 6.45) is 2.31. The van der Waals surface area contributed by atoms with Crippen molar-refractivity contribution in [3.8, 4) is 0 Å². The van der Waals surface area contributed by atoms with E-state index in [0.717, 1.165) is 5.56 Å². The highest BCUT2D eigenvalue weighted by Gasteiger charge is 2.28. The standard InChI is InChI=1S/C20H30N4O6S/c1-12(20(29)30)22-18(27)15(8-9-31-2)23-19(28)16(11-25)24-17(26)14(21)10-13-6-4-3-5-7-13/h3-7,12,14-16,25H,8-11,21H2,1-2H3,(H,22,27)(H,23,28)(H,24,26)(H,29,30). The number of carboxylic acid groups (broad SMARTS) is 1. The van der Waals surface area contributed by atoms with Crippen LogP contribution in [-0.2, 0) is 25.6 Å². The Labute approximate surface area is 185 Å². The quantitative estimate of drug-likeness (QED) is 0.217. The van der Waals surface area contributed by atoms with E-state index >= 15 is 0 Å². The van der Waals surface area contributed by atoms with E-state index in [1.54, 1.807) is 0 Å². The maximum absolute atomic E-state index is 12.6. The van der Waals surface area contributed by atoms with E-state index in [2.05, 4.69) is 16.0 Å². The normalized spacial score (nSPS) is 14.6. The summed E-state index contributed by atoms with van der Waals surface area (Å²) in [5.41, 5.74) is 6.75. The van der Waals surface area contributed by atoms with Gasteiger partial charge in [0.25, 0.3) is 0 Å². The first-order valence-electron chi connectivity index (χ1n) is 9.72. The molecule has 1 aromatic carbocycles. The van der Waals surface area contributed by atoms with Crippen molar-refractivity contribution in [2.24, 2.45) is 5.73 Å². The third kappa shape index (κ3) is 9.37. The Balaban J connectivity index is 2.74. The molecule has 0 aliphatic carbocycles. The molecule has 1 rings (SSSR count). The van der Waals surface area contributed by atoms with Crippen LogP contribution in [0.4, 0.5) is 0 Å². The van der Waals surface area contributed by atoms with Crippen molar-refractivity contribution in [2.75, 3.05) is 18.6 Å². The molecule has 0 aliphatic rings. The number of nitrogens with two attached hydrogens (primary N) is 1. The number of carbonyl (C=O) groups excluding carboxylic acids is 3. The fourth-order valence-corrected chi connectivity index (χ4v) is 3.06. The number of benzene rings is 1. The number of carboxylic acids is 1. The van der Waals surface area contributed by atoms with Crippen LogP contribution < -0.4 is 21.7 Å². The molecule has 172 valence electrons. The molecular formula is C20H30N4O6S. The molecule has 0 bridgehead atoms. The molecule has 4 atom stereocenters. The Morgan fingerprint density at radius 3 is 2.13 bits per heavy atom. The van der Waals surface area contributed by atoms with Gasteiger partial charge in [-0.2, -0.15) is 11.8 Å². The second kappa shape index (κ2) is 13.6. The Hall–Kier alpha value is -2.63. The van der Waals surface area contributed by atoms with Crippen molar-refractivity contribution < 1.29 is 29.4 Å². The highest BCUT2D eigenvalue weighted by atomic mass is 32.2. The molecule has 0 radical (unpaired) electrons. The van der Waals surface area contributed by atoms with Gasteiger partial charge in [-0.1, -0.05) is 30.3 Å². The summed E-state index contributed by atoms with van der Waals surface area (Å²) in [4.78, 5) is 48.3. The molecule has 0 spiro atoms. The molecule has 0 aliphatic heterocycles. The molecule has 31 heavy (non-hydrogen) atoms. The maximum Gasteiger partial charge on any atom is 0.325 e. The smallest absolute Gasteiger partial charge is 0.325 e. The summed E-state index contributed by atoms with van der Waals surface area (Å²) in [6.45, 7) is 0.608. The number of hydrogen-bond acceptors (Lipinski definition) is 7. The first kappa shape index (κ1) is 26.4. The van der Waals surface area contributed by atoms with Gasteiger partial charge in [0.2, 0.25) is 17.7 Å². The number of carbonyl (C=O) groups is 4. The van der Waals surface area contributed by atoms with Gasteiger partial charge >= 0.3 is 5.97 Å². The fourth-order valence-electron chi connectivity index (χ4n) is 2.59. The third-order valence-corrected chi connectivity index (χ3v) is 5.07. The van der Waals surface area contributed by atoms with Crippen LogP contribution in [0.5, 0.6) is 0 Å². The van der Waals surface area contributed by atoms with Crippen LogP contribution >= 0.6 is 11.8 Å². The highest BCUT2D eigenvalue weighted by molar-refractivity contribution is 7.98. The number of thioether (sulfide) groups is 1. The minimum atomic E-state index is -1.31. The van der Waals surface area contributed by atoms with E-state index in [4.69, 9.17) is 10.8 Å². The Morgan fingerprint density at radius 1 is 1.00 bits per heavy atom. The number of nitrogens with one attached hydrogen (secondary N) is 3. The van der Waals surface area contributed by atoms with Crippen molar-refractivity contribution in [3.63, 3.8) is 0 Å². The number of aliphatic hydroxyl groups excluding tert-OH is 1. The van der Waals surface area contributed by atoms with Crippen molar-refractivity contribution in [1.82, 2.24) is 16.0 Å². The SMILES string of the molecule is CSCCC(NC(=O)C(CO)NC(=O)C(N)Cc1ccccc1)C(=O)NC(C)C(=O)O. The maximum atomic E-state index is 12.6. The zero-order chi connectivity index (χ0) is 23.4. The number of hydrogen-bond donors (Lipinski definition) is 6. The van der Waals surface area contributed by atoms with Crippen LogP contribution in [0.25, 0.3) is 0 Å². The van der Waals surface area contributed by atoms with Crippen LogP contribution in [0, 0.1) is 0 Å². The fraction of sp³-hybridized carbons (Fsp3) is 0.500. The van der Waals surface area contributed by atoms with Crippen molar-refractivity contribution in [3.05, 3.63) is 35.9 Å². The van der Waals surface area contributed by atoms with E-state index in [1.165, 1.54) is 18.7 Å². The Morgan fingerprint density at radius 2 is 1.58 bits per heavy atom. The lowest BCUT2D eigenvalue weighted by atomic mass is 10.1. The zero-order valence-corrected chi connectivity index (χ0v) is 18.4. The molecule has 4 unspecified atom stereocenters. The van der Waals surface area contributed by atoms with E-state index < -0.39 is 54.5 Å². The second-order valence-corrected chi connectivity index (χ2v) is 7.94. The van der Waals surface area contributed by atoms with Crippen LogP contribution in [0.2, 0.25) is 0 Å². The molecular weight excluding hydrogens is 424 g/mol. The molecule has 7 N–H and O–H groups in total. The van der Waals surface area contributed by atoms with Gasteiger partial charge < -0.3 is 31.9 Å². The molecule has 0 aromatic heterocycles. The first-order chi connectivity index (χ1) is 14.7. The van der Waals surface area contributed by atoms with Gasteiger partial charge in [0.05, 0.1) is 12.6 Å². The predicted molar refractivity (Wildman–Crippen MR) is 117 cm³/mol. The van der Waals surface area contributed by atoms with E-state index in [9.17, 15) is 24.3 Å². The van der Waals surface area contributed by atoms with Crippen LogP contribution in [0.1, 0.15) is 18.9 Å². The minimum Gasteiger partial charge on any atom is -0.480 e. The third-order valence-electron chi connectivity index (χ3n) is 4.42. The van der Waals surface area contributed by atoms with Crippen LogP contribution in [0.15, 0.2) is 30.3 Å². The van der Waals surface area contributed by atoms with Gasteiger partial charge in [-0.25, -0.2) is 0 Å². The van der Waals surface area contributed by atoms with Gasteiger partial charge in [0, 0.05) is 0 Å². The van der Waals surface area contributed by atoms with Crippen molar-refractivity contribution in [2.45, 2.75) is 43.9 Å². The summed E-state index contributed by atoms with van der Waals surface area (Å²) in [5.74, 6) is -2.75. The summed E-state index contributed by atoms with van der Waals surface area (Å²) in [5, 5.41) is 25.7. The largest absolute Gasteiger partial charge is 0.480 e. The van der Waals surface area contributed by atoms with Gasteiger partial charge in [0.1, 0.15) is 18.1 Å². The van der Waals surface area contributed by atoms with Crippen molar-refractivity contribution >= 4 is 35.5 Å². The minimum absolute atomic E-state index is 0.241. The van der Waals surface area contributed by atoms with E-state index in [1.807, 2.05) is 36.6 Å². The summed E-state index contributed by atoms with van der Waals surface area (Å²) in [6, 6.07) is 4.70. The molecule has 0 heterocycles. The van der Waals surface area contributed by atoms with Crippen LogP contribution in [0.3, 0.4) is 0 Å². The topological polar surface area (TPSA) is 171 Å². The molecule has 0 fully saturated rings. The number of amides is 3. The van der Waals surface area contributed by atoms with Gasteiger partial charge in [-0.05, 0) is 37.3 Å². The van der Waals surface area contributed by atoms with Crippen LogP contribution in [-0.4, -0.2) is 76.7 Å². The summed E-state index contributed by atoms with van der Waals surface area (Å²) in [7, 11) is 0. The number of aliphatic carboxylic acids is 1. The highest BCUT2D eigenvalue weighted by Crippen LogP contribution is 2.04. The second-order valence-electron chi connectivity index (χ2n) is 6.95. The summed E-state index contributed by atoms with van der Waals surface area (Å²) >= 11 is 1.45. The lowest BCUT2D eigenvalue weighted by Crippen LogP contribution is -2.58. The number of aliphatic hydroxyl groups is 1. The number of rotatable bonds is 13. The van der Waals surface area contributed by atoms with Gasteiger partial charge in [-0.15, -0.1) is 0 Å². The Bertz CT molecular complexity index is 748. The lowest BCUT2D eigenvalue weighted by molar-refractivity contribution is -0.141. The molecule has 11 heteroatoms. The molecule has 1 aromatic rings. The molecule has 10 nitrogen and oxygen atoms in total. The first-order valence-corrected chi connectivity index (χ1v) is 11.1. The monoisotopic (exact) mass is 454 g/mol. The average molecular weight is 455 g/mol. The molecule has 3 amide bonds. The average Bonchev–Trinajstić information content (AvgIpc) is 2.74. The lowest BCUT2D eigenvalue weighted by Gasteiger charge is -2.23. The summed E-state index contributed by atoms with van der Waals surface area (Å²) < 4.78 is 0. The van der Waals surface area contributed by atoms with Crippen molar-refractivity contribution in [1.29, 1.82) is 0 Å². The Kier molecular flexibility index (Phi) is 11.6. The predicted octanol–water partition coefficient (Wildman–Crippen LogP) is -1.14. The van der Waals surface area contributed by atoms with E-state index in [0.29, 0.717) is 5.75 Å². The van der Waals surface area contributed by atoms with E-state index in [-0.39, 0.29) is 12.8 Å². The van der Waals surface area contributed by atoms with Gasteiger partial charge in [0.15, 0.2) is 0 Å².